The van der Waals surface area contributed by atoms with Gasteiger partial charge < -0.3 is 9.47 Å². The van der Waals surface area contributed by atoms with Crippen LogP contribution in [0.2, 0.25) is 0 Å². The van der Waals surface area contributed by atoms with Crippen molar-refractivity contribution in [3.63, 3.8) is 0 Å². The van der Waals surface area contributed by atoms with Crippen LogP contribution in [0, 0.1) is 5.92 Å². The Hall–Kier alpha value is -0.340. The minimum Gasteiger partial charge on any atom is -0.356 e. The van der Waals surface area contributed by atoms with Crippen molar-refractivity contribution in [2.24, 2.45) is 5.92 Å². The number of ether oxygens (including phenoxy) is 2. The van der Waals surface area contributed by atoms with E-state index in [2.05, 4.69) is 13.5 Å². The lowest BCUT2D eigenvalue weighted by Crippen LogP contribution is -2.17. The van der Waals surface area contributed by atoms with E-state index in [4.69, 9.17) is 9.47 Å². The van der Waals surface area contributed by atoms with E-state index in [1.165, 1.54) is 51.4 Å². The number of rotatable bonds is 13. The first-order valence-corrected chi connectivity index (χ1v) is 7.46. The van der Waals surface area contributed by atoms with Crippen LogP contribution >= 0.6 is 0 Å². The van der Waals surface area contributed by atoms with Gasteiger partial charge in [-0.25, -0.2) is 0 Å². The van der Waals surface area contributed by atoms with Gasteiger partial charge in [0.1, 0.15) is 0 Å². The molecule has 0 heterocycles. The third-order valence-electron chi connectivity index (χ3n) is 3.53. The molecule has 0 aromatic heterocycles. The Labute approximate surface area is 114 Å². The first-order chi connectivity index (χ1) is 8.78. The quantitative estimate of drug-likeness (QED) is 0.264. The largest absolute Gasteiger partial charge is 0.356 e. The average Bonchev–Trinajstić information content (AvgIpc) is 2.41. The molecule has 0 aliphatic rings. The summed E-state index contributed by atoms with van der Waals surface area (Å²) in [6, 6.07) is 0. The van der Waals surface area contributed by atoms with E-state index < -0.39 is 0 Å². The minimum absolute atomic E-state index is 0.0856. The predicted molar refractivity (Wildman–Crippen MR) is 78.7 cm³/mol. The van der Waals surface area contributed by atoms with Gasteiger partial charge in [0, 0.05) is 20.6 Å². The highest BCUT2D eigenvalue weighted by molar-refractivity contribution is 4.79. The summed E-state index contributed by atoms with van der Waals surface area (Å²) in [7, 11) is 3.39. The molecule has 0 bridgehead atoms. The van der Waals surface area contributed by atoms with Crippen molar-refractivity contribution in [2.45, 2.75) is 71.0 Å². The zero-order chi connectivity index (χ0) is 13.6. The van der Waals surface area contributed by atoms with Gasteiger partial charge in [0.05, 0.1) is 0 Å². The highest BCUT2D eigenvalue weighted by Crippen LogP contribution is 2.19. The molecular formula is C16H32O2. The van der Waals surface area contributed by atoms with Crippen molar-refractivity contribution in [1.82, 2.24) is 0 Å². The van der Waals surface area contributed by atoms with Gasteiger partial charge in [-0.15, -0.1) is 6.58 Å². The second-order valence-corrected chi connectivity index (χ2v) is 5.04. The standard InChI is InChI=1S/C16H32O2/c1-5-7-8-9-10-11-12-13-15(6-2)14-16(17-3)18-4/h6,15-16H,2,5,7-14H2,1,3-4H3. The van der Waals surface area contributed by atoms with Gasteiger partial charge in [-0.3, -0.25) is 0 Å². The van der Waals surface area contributed by atoms with Crippen LogP contribution in [0.5, 0.6) is 0 Å². The molecule has 0 spiro atoms. The lowest BCUT2D eigenvalue weighted by molar-refractivity contribution is -0.111. The Balaban J connectivity index is 3.52. The van der Waals surface area contributed by atoms with E-state index in [-0.39, 0.29) is 6.29 Å². The third-order valence-corrected chi connectivity index (χ3v) is 3.53. The zero-order valence-electron chi connectivity index (χ0n) is 12.6. The van der Waals surface area contributed by atoms with E-state index in [9.17, 15) is 0 Å². The molecule has 0 amide bonds. The van der Waals surface area contributed by atoms with Gasteiger partial charge in [0.15, 0.2) is 6.29 Å². The van der Waals surface area contributed by atoms with Gasteiger partial charge in [-0.2, -0.15) is 0 Å². The molecule has 108 valence electrons. The Kier molecular flexibility index (Phi) is 12.9. The molecular weight excluding hydrogens is 224 g/mol. The Morgan fingerprint density at radius 2 is 1.50 bits per heavy atom. The van der Waals surface area contributed by atoms with Gasteiger partial charge in [-0.1, -0.05) is 57.9 Å². The van der Waals surface area contributed by atoms with Crippen LogP contribution in [0.1, 0.15) is 64.7 Å². The highest BCUT2D eigenvalue weighted by atomic mass is 16.7. The molecule has 2 nitrogen and oxygen atoms in total. The third kappa shape index (κ3) is 9.67. The predicted octanol–water partition coefficient (Wildman–Crippen LogP) is 4.94. The number of allylic oxidation sites excluding steroid dienone is 1. The zero-order valence-corrected chi connectivity index (χ0v) is 12.6. The maximum absolute atomic E-state index is 5.23. The fourth-order valence-corrected chi connectivity index (χ4v) is 2.23. The van der Waals surface area contributed by atoms with Gasteiger partial charge >= 0.3 is 0 Å². The minimum atomic E-state index is -0.0856. The van der Waals surface area contributed by atoms with Crippen LogP contribution in [0.4, 0.5) is 0 Å². The molecule has 1 atom stereocenters. The fraction of sp³-hybridized carbons (Fsp3) is 0.875. The smallest absolute Gasteiger partial charge is 0.157 e. The van der Waals surface area contributed by atoms with E-state index in [0.29, 0.717) is 5.92 Å². The van der Waals surface area contributed by atoms with Crippen LogP contribution in [0.3, 0.4) is 0 Å². The SMILES string of the molecule is C=CC(CCCCCCCCC)CC(OC)OC. The highest BCUT2D eigenvalue weighted by Gasteiger charge is 2.12. The summed E-state index contributed by atoms with van der Waals surface area (Å²) in [5.41, 5.74) is 0. The molecule has 0 aliphatic heterocycles. The number of hydrogen-bond acceptors (Lipinski definition) is 2. The molecule has 0 saturated carbocycles. The second-order valence-electron chi connectivity index (χ2n) is 5.04. The molecule has 2 heteroatoms. The molecule has 0 aromatic carbocycles. The maximum atomic E-state index is 5.23. The first kappa shape index (κ1) is 17.7. The number of unbranched alkanes of at least 4 members (excludes halogenated alkanes) is 6. The van der Waals surface area contributed by atoms with Gasteiger partial charge in [0.25, 0.3) is 0 Å². The summed E-state index contributed by atoms with van der Waals surface area (Å²) in [5.74, 6) is 0.519. The second kappa shape index (κ2) is 13.1. The molecule has 0 aromatic rings. The van der Waals surface area contributed by atoms with Crippen molar-refractivity contribution in [3.05, 3.63) is 12.7 Å². The number of hydrogen-bond donors (Lipinski definition) is 0. The van der Waals surface area contributed by atoms with E-state index >= 15 is 0 Å². The lowest BCUT2D eigenvalue weighted by atomic mass is 9.97. The summed E-state index contributed by atoms with van der Waals surface area (Å²) in [6.45, 7) is 6.17. The van der Waals surface area contributed by atoms with Crippen molar-refractivity contribution in [1.29, 1.82) is 0 Å². The van der Waals surface area contributed by atoms with Crippen molar-refractivity contribution in [2.75, 3.05) is 14.2 Å². The van der Waals surface area contributed by atoms with Crippen molar-refractivity contribution in [3.8, 4) is 0 Å². The molecule has 0 N–H and O–H groups in total. The number of methoxy groups -OCH3 is 2. The Morgan fingerprint density at radius 3 is 2.00 bits per heavy atom. The van der Waals surface area contributed by atoms with Crippen LogP contribution in [0.25, 0.3) is 0 Å². The van der Waals surface area contributed by atoms with Gasteiger partial charge in [-0.05, 0) is 12.3 Å². The summed E-state index contributed by atoms with van der Waals surface area (Å²) >= 11 is 0. The Morgan fingerprint density at radius 1 is 0.944 bits per heavy atom. The summed E-state index contributed by atoms with van der Waals surface area (Å²) < 4.78 is 10.5. The fourth-order valence-electron chi connectivity index (χ4n) is 2.23. The molecule has 0 saturated heterocycles. The van der Waals surface area contributed by atoms with E-state index in [1.807, 2.05) is 6.08 Å². The molecule has 18 heavy (non-hydrogen) atoms. The van der Waals surface area contributed by atoms with Crippen LogP contribution in [-0.4, -0.2) is 20.5 Å². The molecule has 0 radical (unpaired) electrons. The van der Waals surface area contributed by atoms with Gasteiger partial charge in [0.2, 0.25) is 0 Å². The summed E-state index contributed by atoms with van der Waals surface area (Å²) in [6.07, 6.45) is 13.6. The normalized spacial score (nSPS) is 12.9. The first-order valence-electron chi connectivity index (χ1n) is 7.46. The molecule has 0 aliphatic carbocycles. The average molecular weight is 256 g/mol. The van der Waals surface area contributed by atoms with Crippen LogP contribution in [-0.2, 0) is 9.47 Å². The van der Waals surface area contributed by atoms with Crippen molar-refractivity contribution >= 4 is 0 Å². The summed E-state index contributed by atoms with van der Waals surface area (Å²) in [5, 5.41) is 0. The van der Waals surface area contributed by atoms with E-state index in [1.54, 1.807) is 14.2 Å². The monoisotopic (exact) mass is 256 g/mol. The topological polar surface area (TPSA) is 18.5 Å². The maximum Gasteiger partial charge on any atom is 0.157 e. The molecule has 0 rings (SSSR count). The molecule has 1 unspecified atom stereocenters. The summed E-state index contributed by atoms with van der Waals surface area (Å²) in [4.78, 5) is 0. The lowest BCUT2D eigenvalue weighted by Gasteiger charge is -2.18. The van der Waals surface area contributed by atoms with Crippen molar-refractivity contribution < 1.29 is 9.47 Å². The van der Waals surface area contributed by atoms with Crippen LogP contribution in [0.15, 0.2) is 12.7 Å². The van der Waals surface area contributed by atoms with E-state index in [0.717, 1.165) is 6.42 Å². The Bertz CT molecular complexity index is 176. The molecule has 0 fully saturated rings. The van der Waals surface area contributed by atoms with Crippen LogP contribution < -0.4 is 0 Å².